The van der Waals surface area contributed by atoms with Gasteiger partial charge in [-0.05, 0) is 20.8 Å². The highest BCUT2D eigenvalue weighted by Crippen LogP contribution is 2.17. The lowest BCUT2D eigenvalue weighted by molar-refractivity contribution is -0.146. The Bertz CT molecular complexity index is 177. The van der Waals surface area contributed by atoms with Gasteiger partial charge in [0.05, 0.1) is 0 Å². The summed E-state index contributed by atoms with van der Waals surface area (Å²) in [7, 11) is 0. The average Bonchev–Trinajstić information content (AvgIpc) is 1.84. The third-order valence-electron chi connectivity index (χ3n) is 1.40. The van der Waals surface area contributed by atoms with Crippen molar-refractivity contribution in [1.82, 2.24) is 0 Å². The number of nitroso groups, excluding NO2 is 1. The predicted molar refractivity (Wildman–Crippen MR) is 45.7 cm³/mol. The smallest absolute Gasteiger partial charge is 0.302 e. The molecule has 0 heterocycles. The van der Waals surface area contributed by atoms with Crippen LogP contribution in [0.3, 0.4) is 0 Å². The van der Waals surface area contributed by atoms with Gasteiger partial charge < -0.3 is 4.74 Å². The van der Waals surface area contributed by atoms with Crippen LogP contribution in [0.5, 0.6) is 0 Å². The molecule has 0 fully saturated rings. The van der Waals surface area contributed by atoms with E-state index < -0.39 is 5.54 Å². The van der Waals surface area contributed by atoms with Crippen molar-refractivity contribution in [1.29, 1.82) is 0 Å². The topological polar surface area (TPSA) is 55.7 Å². The van der Waals surface area contributed by atoms with Gasteiger partial charge in [-0.2, -0.15) is 4.91 Å². The van der Waals surface area contributed by atoms with Crippen molar-refractivity contribution in [2.45, 2.75) is 45.8 Å². The standard InChI is InChI=1S/C8H15NO3/c1-6(12-7(2)10)5-8(3,4)9-11/h6H,5H2,1-4H3. The molecule has 1 atom stereocenters. The lowest BCUT2D eigenvalue weighted by atomic mass is 9.99. The lowest BCUT2D eigenvalue weighted by Crippen LogP contribution is -2.25. The molecule has 0 aliphatic carbocycles. The molecule has 0 saturated carbocycles. The Hall–Kier alpha value is -0.930. The van der Waals surface area contributed by atoms with Gasteiger partial charge >= 0.3 is 5.97 Å². The molecule has 70 valence electrons. The Morgan fingerprint density at radius 1 is 1.58 bits per heavy atom. The molecule has 0 spiro atoms. The Kier molecular flexibility index (Phi) is 3.86. The summed E-state index contributed by atoms with van der Waals surface area (Å²) >= 11 is 0. The number of rotatable bonds is 4. The Morgan fingerprint density at radius 2 is 2.08 bits per heavy atom. The van der Waals surface area contributed by atoms with Crippen LogP contribution in [-0.4, -0.2) is 17.6 Å². The lowest BCUT2D eigenvalue weighted by Gasteiger charge is -2.19. The maximum atomic E-state index is 10.5. The summed E-state index contributed by atoms with van der Waals surface area (Å²) in [5.74, 6) is -0.329. The van der Waals surface area contributed by atoms with Crippen molar-refractivity contribution in [3.8, 4) is 0 Å². The Morgan fingerprint density at radius 3 is 2.42 bits per heavy atom. The van der Waals surface area contributed by atoms with E-state index in [1.165, 1.54) is 6.92 Å². The second kappa shape index (κ2) is 4.18. The van der Waals surface area contributed by atoms with Crippen LogP contribution in [0.4, 0.5) is 0 Å². The fourth-order valence-corrected chi connectivity index (χ4v) is 1.07. The first kappa shape index (κ1) is 11.1. The Labute approximate surface area is 72.3 Å². The normalized spacial score (nSPS) is 13.7. The number of esters is 1. The van der Waals surface area contributed by atoms with Crippen LogP contribution in [0.1, 0.15) is 34.1 Å². The van der Waals surface area contributed by atoms with Gasteiger partial charge in [0.2, 0.25) is 0 Å². The zero-order valence-electron chi connectivity index (χ0n) is 7.96. The molecule has 0 aliphatic heterocycles. The van der Waals surface area contributed by atoms with Crippen molar-refractivity contribution < 1.29 is 9.53 Å². The van der Waals surface area contributed by atoms with E-state index in [0.717, 1.165) is 0 Å². The summed E-state index contributed by atoms with van der Waals surface area (Å²) in [6, 6.07) is 0. The summed E-state index contributed by atoms with van der Waals surface area (Å²) in [4.78, 5) is 20.8. The molecule has 0 rings (SSSR count). The highest BCUT2D eigenvalue weighted by Gasteiger charge is 2.23. The van der Waals surface area contributed by atoms with E-state index >= 15 is 0 Å². The molecule has 0 bridgehead atoms. The quantitative estimate of drug-likeness (QED) is 0.481. The number of hydrogen-bond donors (Lipinski definition) is 0. The summed E-state index contributed by atoms with van der Waals surface area (Å²) < 4.78 is 4.85. The number of carbonyl (C=O) groups excluding carboxylic acids is 1. The maximum Gasteiger partial charge on any atom is 0.302 e. The van der Waals surface area contributed by atoms with Crippen LogP contribution >= 0.6 is 0 Å². The molecular formula is C8H15NO3. The third-order valence-corrected chi connectivity index (χ3v) is 1.40. The second-order valence-corrected chi connectivity index (χ2v) is 3.53. The van der Waals surface area contributed by atoms with Gasteiger partial charge in [-0.1, -0.05) is 5.18 Å². The van der Waals surface area contributed by atoms with Gasteiger partial charge in [-0.25, -0.2) is 0 Å². The van der Waals surface area contributed by atoms with Crippen LogP contribution in [-0.2, 0) is 9.53 Å². The monoisotopic (exact) mass is 173 g/mol. The fourth-order valence-electron chi connectivity index (χ4n) is 1.07. The SMILES string of the molecule is CC(=O)OC(C)CC(C)(C)N=O. The van der Waals surface area contributed by atoms with Crippen LogP contribution in [0, 0.1) is 4.91 Å². The molecule has 4 nitrogen and oxygen atoms in total. The molecule has 12 heavy (non-hydrogen) atoms. The van der Waals surface area contributed by atoms with Crippen molar-refractivity contribution in [3.05, 3.63) is 4.91 Å². The molecular weight excluding hydrogens is 158 g/mol. The van der Waals surface area contributed by atoms with Gasteiger partial charge in [0.25, 0.3) is 0 Å². The molecule has 0 aliphatic rings. The molecule has 0 N–H and O–H groups in total. The number of carbonyl (C=O) groups is 1. The molecule has 1 unspecified atom stereocenters. The molecule has 0 aromatic carbocycles. The van der Waals surface area contributed by atoms with Gasteiger partial charge in [0.1, 0.15) is 11.6 Å². The maximum absolute atomic E-state index is 10.5. The minimum absolute atomic E-state index is 0.254. The summed E-state index contributed by atoms with van der Waals surface area (Å²) in [6.07, 6.45) is 0.200. The summed E-state index contributed by atoms with van der Waals surface area (Å²) in [5, 5.41) is 2.93. The fraction of sp³-hybridized carbons (Fsp3) is 0.875. The van der Waals surface area contributed by atoms with Crippen LogP contribution < -0.4 is 0 Å². The first-order valence-electron chi connectivity index (χ1n) is 3.89. The zero-order chi connectivity index (χ0) is 9.78. The molecule has 4 heteroatoms. The number of nitrogens with zero attached hydrogens (tertiary/aromatic N) is 1. The van der Waals surface area contributed by atoms with Crippen molar-refractivity contribution in [2.24, 2.45) is 5.18 Å². The van der Waals surface area contributed by atoms with E-state index in [0.29, 0.717) is 6.42 Å². The van der Waals surface area contributed by atoms with Gasteiger partial charge in [0, 0.05) is 13.3 Å². The molecule has 0 radical (unpaired) electrons. The van der Waals surface area contributed by atoms with E-state index in [9.17, 15) is 9.70 Å². The molecule has 0 aromatic heterocycles. The Balaban J connectivity index is 3.91. The van der Waals surface area contributed by atoms with Crippen molar-refractivity contribution in [2.75, 3.05) is 0 Å². The number of ether oxygens (including phenoxy) is 1. The van der Waals surface area contributed by atoms with E-state index in [1.54, 1.807) is 20.8 Å². The minimum Gasteiger partial charge on any atom is -0.463 e. The first-order chi connectivity index (χ1) is 5.37. The second-order valence-electron chi connectivity index (χ2n) is 3.53. The van der Waals surface area contributed by atoms with E-state index in [4.69, 9.17) is 4.74 Å². The highest BCUT2D eigenvalue weighted by molar-refractivity contribution is 5.66. The van der Waals surface area contributed by atoms with Crippen molar-refractivity contribution in [3.63, 3.8) is 0 Å². The van der Waals surface area contributed by atoms with Crippen molar-refractivity contribution >= 4 is 5.97 Å². The number of hydrogen-bond acceptors (Lipinski definition) is 4. The van der Waals surface area contributed by atoms with Gasteiger partial charge in [-0.15, -0.1) is 0 Å². The van der Waals surface area contributed by atoms with E-state index in [-0.39, 0.29) is 12.1 Å². The average molecular weight is 173 g/mol. The first-order valence-corrected chi connectivity index (χ1v) is 3.89. The van der Waals surface area contributed by atoms with E-state index in [1.807, 2.05) is 0 Å². The summed E-state index contributed by atoms with van der Waals surface area (Å²) in [5.41, 5.74) is -0.658. The molecule has 0 aromatic rings. The molecule has 0 saturated heterocycles. The van der Waals surface area contributed by atoms with Crippen LogP contribution in [0.25, 0.3) is 0 Å². The zero-order valence-corrected chi connectivity index (χ0v) is 7.96. The predicted octanol–water partition coefficient (Wildman–Crippen LogP) is 1.87. The largest absolute Gasteiger partial charge is 0.463 e. The van der Waals surface area contributed by atoms with Crippen LogP contribution in [0.15, 0.2) is 5.18 Å². The highest BCUT2D eigenvalue weighted by atomic mass is 16.5. The van der Waals surface area contributed by atoms with Gasteiger partial charge in [0.15, 0.2) is 0 Å². The summed E-state index contributed by atoms with van der Waals surface area (Å²) in [6.45, 7) is 6.51. The van der Waals surface area contributed by atoms with Crippen LogP contribution in [0.2, 0.25) is 0 Å². The molecule has 0 amide bonds. The van der Waals surface area contributed by atoms with E-state index in [2.05, 4.69) is 5.18 Å². The third kappa shape index (κ3) is 4.82. The van der Waals surface area contributed by atoms with Gasteiger partial charge in [-0.3, -0.25) is 4.79 Å². The minimum atomic E-state index is -0.658.